The van der Waals surface area contributed by atoms with E-state index in [1.165, 1.54) is 0 Å². The Hall–Kier alpha value is -1.36. The molecule has 16 heavy (non-hydrogen) atoms. The third kappa shape index (κ3) is 2.24. The molecule has 0 unspecified atom stereocenters. The normalized spacial score (nSPS) is 17.0. The average molecular weight is 222 g/mol. The quantitative estimate of drug-likeness (QED) is 0.810. The van der Waals surface area contributed by atoms with E-state index >= 15 is 0 Å². The molecule has 1 aliphatic rings. The van der Waals surface area contributed by atoms with Crippen molar-refractivity contribution in [1.82, 2.24) is 9.97 Å². The maximum Gasteiger partial charge on any atom is 0.137 e. The van der Waals surface area contributed by atoms with Gasteiger partial charge in [0.1, 0.15) is 18.0 Å². The standard InChI is InChI=1S/C11H18N4O/c1-9-10(12-2)13-8-14-11(9)15-4-3-6-16-7-5-15/h8H,3-7H2,1-2H3,(H,12,13,14). The summed E-state index contributed by atoms with van der Waals surface area (Å²) in [5.74, 6) is 1.92. The van der Waals surface area contributed by atoms with Gasteiger partial charge in [-0.15, -0.1) is 0 Å². The van der Waals surface area contributed by atoms with Crippen LogP contribution in [0.3, 0.4) is 0 Å². The van der Waals surface area contributed by atoms with Crippen molar-refractivity contribution < 1.29 is 4.74 Å². The number of nitrogens with one attached hydrogen (secondary N) is 1. The van der Waals surface area contributed by atoms with Gasteiger partial charge in [0.25, 0.3) is 0 Å². The van der Waals surface area contributed by atoms with Crippen LogP contribution in [0.15, 0.2) is 6.33 Å². The summed E-state index contributed by atoms with van der Waals surface area (Å²) in [6, 6.07) is 0. The van der Waals surface area contributed by atoms with E-state index in [0.717, 1.165) is 49.9 Å². The van der Waals surface area contributed by atoms with E-state index in [-0.39, 0.29) is 0 Å². The van der Waals surface area contributed by atoms with Gasteiger partial charge >= 0.3 is 0 Å². The summed E-state index contributed by atoms with van der Waals surface area (Å²) in [5, 5.41) is 3.08. The molecule has 1 N–H and O–H groups in total. The van der Waals surface area contributed by atoms with Crippen LogP contribution >= 0.6 is 0 Å². The van der Waals surface area contributed by atoms with Crippen molar-refractivity contribution in [2.75, 3.05) is 43.6 Å². The van der Waals surface area contributed by atoms with Gasteiger partial charge in [0.05, 0.1) is 6.61 Å². The van der Waals surface area contributed by atoms with E-state index < -0.39 is 0 Å². The molecule has 1 aliphatic heterocycles. The number of aromatic nitrogens is 2. The fourth-order valence-corrected chi connectivity index (χ4v) is 1.97. The first kappa shape index (κ1) is 11.1. The molecule has 0 spiro atoms. The molecule has 2 rings (SSSR count). The summed E-state index contributed by atoms with van der Waals surface area (Å²) in [6.45, 7) is 5.58. The highest BCUT2D eigenvalue weighted by Gasteiger charge is 2.15. The zero-order chi connectivity index (χ0) is 11.4. The van der Waals surface area contributed by atoms with Gasteiger partial charge in [-0.3, -0.25) is 0 Å². The Morgan fingerprint density at radius 3 is 3.00 bits per heavy atom. The lowest BCUT2D eigenvalue weighted by atomic mass is 10.2. The van der Waals surface area contributed by atoms with Crippen LogP contribution in [0.25, 0.3) is 0 Å². The minimum absolute atomic E-state index is 0.776. The molecule has 0 saturated carbocycles. The van der Waals surface area contributed by atoms with Gasteiger partial charge in [0.2, 0.25) is 0 Å². The predicted molar refractivity (Wildman–Crippen MR) is 64.0 cm³/mol. The number of rotatable bonds is 2. The molecule has 0 bridgehead atoms. The molecule has 1 fully saturated rings. The minimum Gasteiger partial charge on any atom is -0.380 e. The smallest absolute Gasteiger partial charge is 0.137 e. The Labute approximate surface area is 95.8 Å². The first-order valence-corrected chi connectivity index (χ1v) is 5.65. The second kappa shape index (κ2) is 5.12. The third-order valence-corrected chi connectivity index (χ3v) is 2.82. The van der Waals surface area contributed by atoms with Gasteiger partial charge in [-0.05, 0) is 13.3 Å². The summed E-state index contributed by atoms with van der Waals surface area (Å²) >= 11 is 0. The van der Waals surface area contributed by atoms with Crippen LogP contribution in [0.1, 0.15) is 12.0 Å². The number of hydrogen-bond acceptors (Lipinski definition) is 5. The van der Waals surface area contributed by atoms with Crippen molar-refractivity contribution in [2.45, 2.75) is 13.3 Å². The predicted octanol–water partition coefficient (Wildman–Crippen LogP) is 1.05. The lowest BCUT2D eigenvalue weighted by Gasteiger charge is -2.23. The van der Waals surface area contributed by atoms with E-state index in [2.05, 4.69) is 20.2 Å². The highest BCUT2D eigenvalue weighted by Crippen LogP contribution is 2.22. The maximum atomic E-state index is 5.44. The molecule has 0 atom stereocenters. The van der Waals surface area contributed by atoms with E-state index in [1.807, 2.05) is 14.0 Å². The first-order valence-electron chi connectivity index (χ1n) is 5.65. The van der Waals surface area contributed by atoms with Gasteiger partial charge in [-0.1, -0.05) is 0 Å². The lowest BCUT2D eigenvalue weighted by Crippen LogP contribution is -2.28. The Morgan fingerprint density at radius 2 is 2.19 bits per heavy atom. The van der Waals surface area contributed by atoms with Gasteiger partial charge < -0.3 is 15.0 Å². The molecule has 1 saturated heterocycles. The third-order valence-electron chi connectivity index (χ3n) is 2.82. The van der Waals surface area contributed by atoms with Crippen LogP contribution in [-0.2, 0) is 4.74 Å². The first-order chi connectivity index (χ1) is 7.83. The van der Waals surface area contributed by atoms with Crippen LogP contribution in [0.4, 0.5) is 11.6 Å². The van der Waals surface area contributed by atoms with Crippen LogP contribution in [0.5, 0.6) is 0 Å². The molecular formula is C11H18N4O. The molecule has 0 amide bonds. The van der Waals surface area contributed by atoms with Crippen LogP contribution in [0, 0.1) is 6.92 Å². The Morgan fingerprint density at radius 1 is 1.31 bits per heavy atom. The van der Waals surface area contributed by atoms with Gasteiger partial charge in [0.15, 0.2) is 0 Å². The number of nitrogens with zero attached hydrogens (tertiary/aromatic N) is 3. The highest BCUT2D eigenvalue weighted by molar-refractivity contribution is 5.57. The molecule has 0 aromatic carbocycles. The largest absolute Gasteiger partial charge is 0.380 e. The average Bonchev–Trinajstić information content (AvgIpc) is 2.58. The second-order valence-corrected chi connectivity index (χ2v) is 3.87. The topological polar surface area (TPSA) is 50.3 Å². The van der Waals surface area contributed by atoms with Crippen molar-refractivity contribution in [1.29, 1.82) is 0 Å². The zero-order valence-electron chi connectivity index (χ0n) is 9.86. The molecule has 1 aromatic rings. The molecule has 1 aromatic heterocycles. The van der Waals surface area contributed by atoms with Crippen molar-refractivity contribution in [3.8, 4) is 0 Å². The van der Waals surface area contributed by atoms with E-state index in [0.29, 0.717) is 0 Å². The second-order valence-electron chi connectivity index (χ2n) is 3.87. The summed E-state index contributed by atoms with van der Waals surface area (Å²) in [5.41, 5.74) is 1.10. The number of hydrogen-bond donors (Lipinski definition) is 1. The Balaban J connectivity index is 2.24. The van der Waals surface area contributed by atoms with Crippen molar-refractivity contribution in [3.05, 3.63) is 11.9 Å². The van der Waals surface area contributed by atoms with Crippen LogP contribution in [-0.4, -0.2) is 43.3 Å². The SMILES string of the molecule is CNc1ncnc(N2CCCOCC2)c1C. The molecule has 2 heterocycles. The fraction of sp³-hybridized carbons (Fsp3) is 0.636. The van der Waals surface area contributed by atoms with E-state index in [1.54, 1.807) is 6.33 Å². The molecule has 0 aliphatic carbocycles. The Bertz CT molecular complexity index is 348. The zero-order valence-corrected chi connectivity index (χ0v) is 9.86. The molecule has 5 nitrogen and oxygen atoms in total. The maximum absolute atomic E-state index is 5.44. The van der Waals surface area contributed by atoms with Crippen molar-refractivity contribution in [2.24, 2.45) is 0 Å². The molecular weight excluding hydrogens is 204 g/mol. The summed E-state index contributed by atoms with van der Waals surface area (Å²) in [4.78, 5) is 10.8. The van der Waals surface area contributed by atoms with Gasteiger partial charge in [-0.2, -0.15) is 0 Å². The Kier molecular flexibility index (Phi) is 3.56. The van der Waals surface area contributed by atoms with Crippen LogP contribution < -0.4 is 10.2 Å². The molecule has 5 heteroatoms. The van der Waals surface area contributed by atoms with Crippen molar-refractivity contribution in [3.63, 3.8) is 0 Å². The minimum atomic E-state index is 0.776. The van der Waals surface area contributed by atoms with Crippen molar-refractivity contribution >= 4 is 11.6 Å². The van der Waals surface area contributed by atoms with Gasteiger partial charge in [-0.25, -0.2) is 9.97 Å². The summed E-state index contributed by atoms with van der Waals surface area (Å²) < 4.78 is 5.44. The van der Waals surface area contributed by atoms with E-state index in [4.69, 9.17) is 4.74 Å². The monoisotopic (exact) mass is 222 g/mol. The number of anilines is 2. The number of ether oxygens (including phenoxy) is 1. The molecule has 0 radical (unpaired) electrons. The van der Waals surface area contributed by atoms with Gasteiger partial charge in [0, 0.05) is 32.3 Å². The summed E-state index contributed by atoms with van der Waals surface area (Å²) in [6.07, 6.45) is 2.66. The fourth-order valence-electron chi connectivity index (χ4n) is 1.97. The molecule has 88 valence electrons. The summed E-state index contributed by atoms with van der Waals surface area (Å²) in [7, 11) is 1.88. The highest BCUT2D eigenvalue weighted by atomic mass is 16.5. The lowest BCUT2D eigenvalue weighted by molar-refractivity contribution is 0.152. The van der Waals surface area contributed by atoms with E-state index in [9.17, 15) is 0 Å². The van der Waals surface area contributed by atoms with Crippen LogP contribution in [0.2, 0.25) is 0 Å².